The molecule has 0 aliphatic carbocycles. The van der Waals surface area contributed by atoms with Crippen molar-refractivity contribution < 1.29 is 4.79 Å². The minimum absolute atomic E-state index is 0.135. The molecule has 0 aliphatic heterocycles. The van der Waals surface area contributed by atoms with Gasteiger partial charge in [-0.3, -0.25) is 18.7 Å². The highest BCUT2D eigenvalue weighted by atomic mass is 32.2. The minimum atomic E-state index is -0.446. The molecular weight excluding hydrogens is 342 g/mol. The van der Waals surface area contributed by atoms with Gasteiger partial charge in [0, 0.05) is 20.1 Å². The monoisotopic (exact) mass is 365 g/mol. The third kappa shape index (κ3) is 4.09. The second kappa shape index (κ2) is 7.81. The van der Waals surface area contributed by atoms with E-state index in [1.165, 1.54) is 23.4 Å². The Morgan fingerprint density at radius 3 is 2.56 bits per heavy atom. The van der Waals surface area contributed by atoms with Gasteiger partial charge in [-0.15, -0.1) is 0 Å². The normalized spacial score (nSPS) is 11.3. The number of nitrogens with zero attached hydrogens (tertiary/aromatic N) is 4. The zero-order valence-corrected chi connectivity index (χ0v) is 15.9. The Labute approximate surface area is 149 Å². The number of hydrogen-bond donors (Lipinski definition) is 1. The van der Waals surface area contributed by atoms with Gasteiger partial charge >= 0.3 is 5.69 Å². The van der Waals surface area contributed by atoms with Crippen molar-refractivity contribution in [1.29, 1.82) is 0 Å². The summed E-state index contributed by atoms with van der Waals surface area (Å²) in [5, 5.41) is 3.41. The van der Waals surface area contributed by atoms with Gasteiger partial charge in [-0.05, 0) is 19.8 Å². The molecule has 0 saturated heterocycles. The van der Waals surface area contributed by atoms with Crippen LogP contribution >= 0.6 is 11.8 Å². The number of nitrogens with one attached hydrogen (secondary N) is 1. The summed E-state index contributed by atoms with van der Waals surface area (Å²) in [5.41, 5.74) is -0.518. The Morgan fingerprint density at radius 1 is 1.28 bits per heavy atom. The van der Waals surface area contributed by atoms with Crippen LogP contribution in [0.4, 0.5) is 0 Å². The van der Waals surface area contributed by atoms with Crippen LogP contribution in [0.5, 0.6) is 0 Å². The number of carbonyl (C=O) groups is 1. The molecule has 0 saturated carbocycles. The van der Waals surface area contributed by atoms with Gasteiger partial charge in [0.2, 0.25) is 5.91 Å². The van der Waals surface area contributed by atoms with Crippen LogP contribution in [0.3, 0.4) is 0 Å². The molecule has 0 unspecified atom stereocenters. The number of thioether (sulfide) groups is 1. The molecule has 0 aliphatic rings. The van der Waals surface area contributed by atoms with Crippen molar-refractivity contribution in [3.8, 4) is 0 Å². The number of hydrogen-bond acceptors (Lipinski definition) is 6. The lowest BCUT2D eigenvalue weighted by atomic mass is 10.2. The molecule has 1 N–H and O–H groups in total. The fourth-order valence-corrected chi connectivity index (χ4v) is 3.35. The first-order valence-corrected chi connectivity index (χ1v) is 9.12. The number of amides is 1. The molecule has 0 bridgehead atoms. The largest absolute Gasteiger partial charge is 0.356 e. The van der Waals surface area contributed by atoms with E-state index in [0.717, 1.165) is 4.57 Å². The van der Waals surface area contributed by atoms with E-state index in [1.807, 2.05) is 20.8 Å². The van der Waals surface area contributed by atoms with Gasteiger partial charge in [0.1, 0.15) is 16.2 Å². The molecule has 8 nitrogen and oxygen atoms in total. The first kappa shape index (κ1) is 19.2. The Hall–Kier alpha value is -2.16. The SMILES string of the molecule is CCNC(=O)CSc1nc(C)nc2c1c(=O)n(C)c(=O)n2CC(C)C. The van der Waals surface area contributed by atoms with Gasteiger partial charge < -0.3 is 5.32 Å². The van der Waals surface area contributed by atoms with Crippen LogP contribution in [-0.2, 0) is 18.4 Å². The van der Waals surface area contributed by atoms with E-state index in [0.29, 0.717) is 29.6 Å². The first-order chi connectivity index (χ1) is 11.8. The average Bonchev–Trinajstić information content (AvgIpc) is 2.54. The van der Waals surface area contributed by atoms with Gasteiger partial charge in [0.05, 0.1) is 5.75 Å². The predicted molar refractivity (Wildman–Crippen MR) is 98.0 cm³/mol. The molecule has 2 heterocycles. The van der Waals surface area contributed by atoms with E-state index in [2.05, 4.69) is 15.3 Å². The molecule has 0 atom stereocenters. The summed E-state index contributed by atoms with van der Waals surface area (Å²) in [5.74, 6) is 0.673. The summed E-state index contributed by atoms with van der Waals surface area (Å²) in [4.78, 5) is 45.6. The lowest BCUT2D eigenvalue weighted by Gasteiger charge is -2.15. The lowest BCUT2D eigenvalue weighted by Crippen LogP contribution is -2.39. The second-order valence-corrected chi connectivity index (χ2v) is 7.13. The lowest BCUT2D eigenvalue weighted by molar-refractivity contribution is -0.118. The van der Waals surface area contributed by atoms with Crippen LogP contribution in [0.15, 0.2) is 14.6 Å². The van der Waals surface area contributed by atoms with Gasteiger partial charge in [-0.1, -0.05) is 25.6 Å². The van der Waals surface area contributed by atoms with Crippen molar-refractivity contribution in [1.82, 2.24) is 24.4 Å². The number of carbonyl (C=O) groups excluding carboxylic acids is 1. The zero-order chi connectivity index (χ0) is 18.7. The summed E-state index contributed by atoms with van der Waals surface area (Å²) < 4.78 is 2.58. The van der Waals surface area contributed by atoms with Crippen LogP contribution in [0, 0.1) is 12.8 Å². The molecule has 2 aromatic heterocycles. The van der Waals surface area contributed by atoms with Gasteiger partial charge in [0.15, 0.2) is 5.65 Å². The maximum Gasteiger partial charge on any atom is 0.332 e. The number of aryl methyl sites for hydroxylation is 1. The van der Waals surface area contributed by atoms with Gasteiger partial charge in [-0.2, -0.15) is 0 Å². The standard InChI is InChI=1S/C16H23N5O3S/c1-6-17-11(22)8-25-14-12-13(18-10(4)19-14)21(7-9(2)3)16(24)20(5)15(12)23/h9H,6-8H2,1-5H3,(H,17,22). The van der Waals surface area contributed by atoms with Crippen LogP contribution < -0.4 is 16.6 Å². The molecule has 2 rings (SSSR count). The molecule has 0 radical (unpaired) electrons. The minimum Gasteiger partial charge on any atom is -0.356 e. The summed E-state index contributed by atoms with van der Waals surface area (Å²) in [7, 11) is 1.44. The molecule has 2 aromatic rings. The topological polar surface area (TPSA) is 98.9 Å². The average molecular weight is 365 g/mol. The maximum atomic E-state index is 12.6. The quantitative estimate of drug-likeness (QED) is 0.597. The first-order valence-electron chi connectivity index (χ1n) is 8.13. The van der Waals surface area contributed by atoms with Crippen molar-refractivity contribution in [2.24, 2.45) is 13.0 Å². The zero-order valence-electron chi connectivity index (χ0n) is 15.1. The van der Waals surface area contributed by atoms with Crippen molar-refractivity contribution in [3.63, 3.8) is 0 Å². The smallest absolute Gasteiger partial charge is 0.332 e. The highest BCUT2D eigenvalue weighted by Gasteiger charge is 2.19. The molecule has 0 aromatic carbocycles. The maximum absolute atomic E-state index is 12.6. The van der Waals surface area contributed by atoms with Crippen molar-refractivity contribution in [2.45, 2.75) is 39.3 Å². The number of rotatable bonds is 6. The highest BCUT2D eigenvalue weighted by molar-refractivity contribution is 8.00. The van der Waals surface area contributed by atoms with E-state index < -0.39 is 11.2 Å². The molecular formula is C16H23N5O3S. The molecule has 0 spiro atoms. The summed E-state index contributed by atoms with van der Waals surface area (Å²) in [6, 6.07) is 0. The second-order valence-electron chi connectivity index (χ2n) is 6.17. The van der Waals surface area contributed by atoms with Crippen LogP contribution in [0.25, 0.3) is 11.0 Å². The van der Waals surface area contributed by atoms with Crippen LogP contribution in [0.2, 0.25) is 0 Å². The van der Waals surface area contributed by atoms with Crippen molar-refractivity contribution >= 4 is 28.7 Å². The van der Waals surface area contributed by atoms with Crippen LogP contribution in [0.1, 0.15) is 26.6 Å². The Balaban J connectivity index is 2.68. The molecule has 136 valence electrons. The molecule has 0 fully saturated rings. The summed E-state index contributed by atoms with van der Waals surface area (Å²) in [6.07, 6.45) is 0. The predicted octanol–water partition coefficient (Wildman–Crippen LogP) is 0.683. The van der Waals surface area contributed by atoms with E-state index in [1.54, 1.807) is 6.92 Å². The van der Waals surface area contributed by atoms with Gasteiger partial charge in [-0.25, -0.2) is 14.8 Å². The molecule has 25 heavy (non-hydrogen) atoms. The molecule has 9 heteroatoms. The third-order valence-electron chi connectivity index (χ3n) is 3.52. The van der Waals surface area contributed by atoms with E-state index >= 15 is 0 Å². The number of aromatic nitrogens is 4. The van der Waals surface area contributed by atoms with Crippen molar-refractivity contribution in [2.75, 3.05) is 12.3 Å². The fraction of sp³-hybridized carbons (Fsp3) is 0.562. The van der Waals surface area contributed by atoms with Crippen LogP contribution in [-0.4, -0.2) is 37.3 Å². The highest BCUT2D eigenvalue weighted by Crippen LogP contribution is 2.22. The molecule has 1 amide bonds. The van der Waals surface area contributed by atoms with E-state index in [-0.39, 0.29) is 23.0 Å². The Kier molecular flexibility index (Phi) is 5.99. The van der Waals surface area contributed by atoms with Gasteiger partial charge in [0.25, 0.3) is 5.56 Å². The third-order valence-corrected chi connectivity index (χ3v) is 4.50. The van der Waals surface area contributed by atoms with E-state index in [9.17, 15) is 14.4 Å². The Morgan fingerprint density at radius 2 is 1.96 bits per heavy atom. The summed E-state index contributed by atoms with van der Waals surface area (Å²) in [6.45, 7) is 8.51. The van der Waals surface area contributed by atoms with E-state index in [4.69, 9.17) is 0 Å². The Bertz CT molecular complexity index is 917. The summed E-state index contributed by atoms with van der Waals surface area (Å²) >= 11 is 1.18. The fourth-order valence-electron chi connectivity index (χ4n) is 2.46. The van der Waals surface area contributed by atoms with Crippen molar-refractivity contribution in [3.05, 3.63) is 26.7 Å². The number of fused-ring (bicyclic) bond motifs is 1.